The van der Waals surface area contributed by atoms with E-state index in [0.29, 0.717) is 23.0 Å². The summed E-state index contributed by atoms with van der Waals surface area (Å²) in [5.41, 5.74) is 2.02. The van der Waals surface area contributed by atoms with Gasteiger partial charge in [0.25, 0.3) is 0 Å². The average molecular weight is 429 g/mol. The summed E-state index contributed by atoms with van der Waals surface area (Å²) < 4.78 is 26.5. The van der Waals surface area contributed by atoms with Crippen LogP contribution in [0.1, 0.15) is 11.1 Å². The molecule has 2 rings (SSSR count). The van der Waals surface area contributed by atoms with Gasteiger partial charge in [-0.05, 0) is 48.2 Å². The fourth-order valence-corrected chi connectivity index (χ4v) is 2.76. The van der Waals surface area contributed by atoms with E-state index in [0.717, 1.165) is 24.0 Å². The molecule has 0 atom stereocenters. The highest BCUT2D eigenvalue weighted by atomic mass is 35.5. The van der Waals surface area contributed by atoms with Crippen LogP contribution in [-0.4, -0.2) is 39.2 Å². The minimum absolute atomic E-state index is 0.260. The van der Waals surface area contributed by atoms with Crippen molar-refractivity contribution in [2.24, 2.45) is 0 Å². The number of halogens is 2. The fraction of sp³-hybridized carbons (Fsp3) is 0.350. The third-order valence-corrected chi connectivity index (χ3v) is 4.40. The second kappa shape index (κ2) is 10.3. The number of hydrogen-bond acceptors (Lipinski definition) is 6. The lowest BCUT2D eigenvalue weighted by atomic mass is 10.0. The Balaban J connectivity index is 2.17. The van der Waals surface area contributed by atoms with Crippen molar-refractivity contribution >= 4 is 29.2 Å². The van der Waals surface area contributed by atoms with Crippen LogP contribution in [0.2, 0.25) is 0 Å². The molecule has 8 heteroatoms. The van der Waals surface area contributed by atoms with Crippen molar-refractivity contribution in [3.05, 3.63) is 41.5 Å². The molecule has 0 aliphatic heterocycles. The van der Waals surface area contributed by atoms with Crippen molar-refractivity contribution in [3.63, 3.8) is 0 Å². The molecule has 0 bridgehead atoms. The first-order valence-corrected chi connectivity index (χ1v) is 9.26. The number of ether oxygens (including phenoxy) is 5. The number of esters is 1. The molecule has 0 aromatic heterocycles. The van der Waals surface area contributed by atoms with Gasteiger partial charge in [-0.3, -0.25) is 0 Å². The quantitative estimate of drug-likeness (QED) is 0.338. The number of hydrogen-bond donors (Lipinski definition) is 0. The topological polar surface area (TPSA) is 63.2 Å². The Morgan fingerprint density at radius 1 is 0.786 bits per heavy atom. The fourth-order valence-electron chi connectivity index (χ4n) is 2.67. The van der Waals surface area contributed by atoms with Gasteiger partial charge < -0.3 is 23.7 Å². The lowest BCUT2D eigenvalue weighted by Gasteiger charge is -2.14. The van der Waals surface area contributed by atoms with E-state index in [1.807, 2.05) is 18.2 Å². The molecule has 6 nitrogen and oxygen atoms in total. The van der Waals surface area contributed by atoms with Gasteiger partial charge in [-0.2, -0.15) is 0 Å². The normalized spacial score (nSPS) is 10.5. The van der Waals surface area contributed by atoms with E-state index in [2.05, 4.69) is 0 Å². The molecule has 0 radical (unpaired) electrons. The first kappa shape index (κ1) is 22.0. The Morgan fingerprint density at radius 2 is 1.32 bits per heavy atom. The van der Waals surface area contributed by atoms with Gasteiger partial charge in [0.05, 0.1) is 28.4 Å². The van der Waals surface area contributed by atoms with E-state index >= 15 is 0 Å². The minimum atomic E-state index is -1.26. The van der Waals surface area contributed by atoms with Crippen LogP contribution in [0, 0.1) is 0 Å². The molecule has 0 heterocycles. The van der Waals surface area contributed by atoms with Crippen LogP contribution in [0.4, 0.5) is 0 Å². The van der Waals surface area contributed by atoms with Crippen LogP contribution >= 0.6 is 23.2 Å². The zero-order valence-electron chi connectivity index (χ0n) is 16.1. The summed E-state index contributed by atoms with van der Waals surface area (Å²) >= 11 is 11.0. The number of alkyl halides is 2. The van der Waals surface area contributed by atoms with Crippen LogP contribution < -0.4 is 23.7 Å². The first-order valence-electron chi connectivity index (χ1n) is 8.39. The monoisotopic (exact) mass is 428 g/mol. The molecular formula is C20H22Cl2O6. The van der Waals surface area contributed by atoms with Gasteiger partial charge in [0.15, 0.2) is 23.0 Å². The Bertz CT molecular complexity index is 797. The second-order valence-corrected chi connectivity index (χ2v) is 6.84. The third-order valence-electron chi connectivity index (χ3n) is 4.04. The summed E-state index contributed by atoms with van der Waals surface area (Å²) in [5.74, 6) is 1.69. The largest absolute Gasteiger partial charge is 0.493 e. The minimum Gasteiger partial charge on any atom is -0.493 e. The smallest absolute Gasteiger partial charge is 0.344 e. The maximum Gasteiger partial charge on any atom is 0.344 e. The standard InChI is InChI=1S/C20H22Cl2O6/c1-24-15-9-12(7-8-14(15)28-20(23)19(21)22)5-6-13-10-16(25-2)18(27-4)17(11-13)26-3/h7-11,19H,5-6H2,1-4H3. The summed E-state index contributed by atoms with van der Waals surface area (Å²) in [6.07, 6.45) is 1.45. The van der Waals surface area contributed by atoms with Gasteiger partial charge in [-0.1, -0.05) is 29.3 Å². The number of carbonyl (C=O) groups is 1. The van der Waals surface area contributed by atoms with Gasteiger partial charge >= 0.3 is 5.97 Å². The molecular weight excluding hydrogens is 407 g/mol. The molecule has 28 heavy (non-hydrogen) atoms. The Labute approximate surface area is 174 Å². The highest BCUT2D eigenvalue weighted by Gasteiger charge is 2.17. The van der Waals surface area contributed by atoms with Crippen molar-refractivity contribution in [2.45, 2.75) is 17.7 Å². The van der Waals surface area contributed by atoms with E-state index in [-0.39, 0.29) is 5.75 Å². The third kappa shape index (κ3) is 5.36. The number of rotatable bonds is 9. The predicted octanol–water partition coefficient (Wildman–Crippen LogP) is 4.22. The zero-order valence-corrected chi connectivity index (χ0v) is 17.6. The molecule has 0 spiro atoms. The molecule has 152 valence electrons. The Kier molecular flexibility index (Phi) is 8.08. The van der Waals surface area contributed by atoms with Crippen molar-refractivity contribution in [3.8, 4) is 28.7 Å². The Hall–Kier alpha value is -2.31. The van der Waals surface area contributed by atoms with Gasteiger partial charge in [-0.25, -0.2) is 4.79 Å². The molecule has 0 aliphatic carbocycles. The summed E-state index contributed by atoms with van der Waals surface area (Å²) in [6.45, 7) is 0. The second-order valence-electron chi connectivity index (χ2n) is 5.74. The number of benzene rings is 2. The summed E-state index contributed by atoms with van der Waals surface area (Å²) in [6, 6.07) is 9.13. The molecule has 2 aromatic carbocycles. The SMILES string of the molecule is COc1cc(CCc2cc(OC)c(OC)c(OC)c2)ccc1OC(=O)C(Cl)Cl. The van der Waals surface area contributed by atoms with Gasteiger partial charge in [-0.15, -0.1) is 0 Å². The number of aryl methyl sites for hydroxylation is 2. The van der Waals surface area contributed by atoms with Crippen LogP contribution in [0.5, 0.6) is 28.7 Å². The summed E-state index contributed by atoms with van der Waals surface area (Å²) in [7, 11) is 6.22. The van der Waals surface area contributed by atoms with Gasteiger partial charge in [0.1, 0.15) is 0 Å². The predicted molar refractivity (Wildman–Crippen MR) is 108 cm³/mol. The van der Waals surface area contributed by atoms with Gasteiger partial charge in [0.2, 0.25) is 10.6 Å². The average Bonchev–Trinajstić information content (AvgIpc) is 2.71. The number of methoxy groups -OCH3 is 4. The highest BCUT2D eigenvalue weighted by Crippen LogP contribution is 2.38. The molecule has 0 saturated heterocycles. The van der Waals surface area contributed by atoms with Crippen molar-refractivity contribution in [2.75, 3.05) is 28.4 Å². The molecule has 0 saturated carbocycles. The van der Waals surface area contributed by atoms with Crippen molar-refractivity contribution in [1.82, 2.24) is 0 Å². The maximum absolute atomic E-state index is 11.6. The first-order chi connectivity index (χ1) is 13.4. The summed E-state index contributed by atoms with van der Waals surface area (Å²) in [4.78, 5) is 10.3. The lowest BCUT2D eigenvalue weighted by molar-refractivity contribution is -0.132. The van der Waals surface area contributed by atoms with E-state index < -0.39 is 10.8 Å². The molecule has 0 N–H and O–H groups in total. The maximum atomic E-state index is 11.6. The van der Waals surface area contributed by atoms with E-state index in [9.17, 15) is 4.79 Å². The molecule has 0 aliphatic rings. The van der Waals surface area contributed by atoms with Crippen LogP contribution in [-0.2, 0) is 17.6 Å². The van der Waals surface area contributed by atoms with E-state index in [1.54, 1.807) is 33.5 Å². The van der Waals surface area contributed by atoms with Crippen LogP contribution in [0.3, 0.4) is 0 Å². The van der Waals surface area contributed by atoms with Crippen LogP contribution in [0.25, 0.3) is 0 Å². The van der Waals surface area contributed by atoms with Crippen molar-refractivity contribution in [1.29, 1.82) is 0 Å². The number of carbonyl (C=O) groups excluding carboxylic acids is 1. The molecule has 0 unspecified atom stereocenters. The zero-order chi connectivity index (χ0) is 20.7. The van der Waals surface area contributed by atoms with E-state index in [1.165, 1.54) is 7.11 Å². The van der Waals surface area contributed by atoms with Crippen LogP contribution in [0.15, 0.2) is 30.3 Å². The Morgan fingerprint density at radius 3 is 1.82 bits per heavy atom. The molecule has 2 aromatic rings. The summed E-state index contributed by atoms with van der Waals surface area (Å²) in [5, 5.41) is 0. The molecule has 0 amide bonds. The van der Waals surface area contributed by atoms with Gasteiger partial charge in [0, 0.05) is 0 Å². The highest BCUT2D eigenvalue weighted by molar-refractivity contribution is 6.53. The van der Waals surface area contributed by atoms with Crippen molar-refractivity contribution < 1.29 is 28.5 Å². The molecule has 0 fully saturated rings. The lowest BCUT2D eigenvalue weighted by Crippen LogP contribution is -2.16. The van der Waals surface area contributed by atoms with E-state index in [4.69, 9.17) is 46.9 Å².